The molecule has 114 valence electrons. The second-order valence-corrected chi connectivity index (χ2v) is 5.79. The molecule has 0 aliphatic rings. The van der Waals surface area contributed by atoms with Crippen LogP contribution in [-0.4, -0.2) is 29.4 Å². The van der Waals surface area contributed by atoms with Crippen molar-refractivity contribution in [1.29, 1.82) is 0 Å². The Balaban J connectivity index is 2.15. The third-order valence-corrected chi connectivity index (χ3v) is 4.43. The Morgan fingerprint density at radius 3 is 2.86 bits per heavy atom. The normalized spacial score (nSPS) is 10.9. The first-order chi connectivity index (χ1) is 10.7. The van der Waals surface area contributed by atoms with Gasteiger partial charge in [-0.1, -0.05) is 13.0 Å². The van der Waals surface area contributed by atoms with E-state index >= 15 is 0 Å². The lowest BCUT2D eigenvalue weighted by molar-refractivity contribution is 0.0996. The number of hydrogen-bond donors (Lipinski definition) is 0. The molecule has 0 aliphatic heterocycles. The van der Waals surface area contributed by atoms with Crippen LogP contribution in [0.25, 0.3) is 5.65 Å². The fourth-order valence-corrected chi connectivity index (χ4v) is 3.19. The number of rotatable bonds is 4. The number of ether oxygens (including phenoxy) is 1. The van der Waals surface area contributed by atoms with Gasteiger partial charge in [-0.2, -0.15) is 0 Å². The molecule has 0 N–H and O–H groups in total. The molecule has 5 nitrogen and oxygen atoms in total. The SMILES string of the molecule is CCc1nc2c(OC)cccn2c1N(C)C(=O)c1cccs1. The largest absolute Gasteiger partial charge is 0.493 e. The number of fused-ring (bicyclic) bond motifs is 1. The highest BCUT2D eigenvalue weighted by atomic mass is 32.1. The van der Waals surface area contributed by atoms with Crippen molar-refractivity contribution in [3.8, 4) is 5.75 Å². The number of hydrogen-bond acceptors (Lipinski definition) is 4. The number of nitrogens with zero attached hydrogens (tertiary/aromatic N) is 3. The summed E-state index contributed by atoms with van der Waals surface area (Å²) in [6.07, 6.45) is 2.64. The Bertz CT molecular complexity index is 808. The third-order valence-electron chi connectivity index (χ3n) is 3.57. The summed E-state index contributed by atoms with van der Waals surface area (Å²) in [5.74, 6) is 1.45. The Kier molecular flexibility index (Phi) is 3.85. The summed E-state index contributed by atoms with van der Waals surface area (Å²) in [5.41, 5.74) is 1.60. The standard InChI is InChI=1S/C16H17N3O2S/c1-4-11-15(18(2)16(20)13-8-6-10-22-13)19-9-5-7-12(21-3)14(19)17-11/h5-10H,4H2,1-3H3. The van der Waals surface area contributed by atoms with Crippen LogP contribution >= 0.6 is 11.3 Å². The molecule has 3 aromatic rings. The van der Waals surface area contributed by atoms with Crippen LogP contribution in [0.15, 0.2) is 35.8 Å². The molecule has 0 unspecified atom stereocenters. The van der Waals surface area contributed by atoms with E-state index in [-0.39, 0.29) is 5.91 Å². The summed E-state index contributed by atoms with van der Waals surface area (Å²) >= 11 is 1.44. The Labute approximate surface area is 132 Å². The molecule has 0 aromatic carbocycles. The first-order valence-electron chi connectivity index (χ1n) is 7.02. The average Bonchev–Trinajstić information content (AvgIpc) is 3.19. The van der Waals surface area contributed by atoms with Crippen LogP contribution in [0.5, 0.6) is 5.75 Å². The van der Waals surface area contributed by atoms with E-state index in [1.807, 2.05) is 47.2 Å². The maximum atomic E-state index is 12.6. The molecule has 0 atom stereocenters. The average molecular weight is 315 g/mol. The van der Waals surface area contributed by atoms with Crippen molar-refractivity contribution in [3.63, 3.8) is 0 Å². The second-order valence-electron chi connectivity index (χ2n) is 4.85. The fraction of sp³-hybridized carbons (Fsp3) is 0.250. The Morgan fingerprint density at radius 1 is 1.41 bits per heavy atom. The van der Waals surface area contributed by atoms with Gasteiger partial charge in [-0.25, -0.2) is 4.98 Å². The first-order valence-corrected chi connectivity index (χ1v) is 7.90. The Hall–Kier alpha value is -2.34. The van der Waals surface area contributed by atoms with Gasteiger partial charge in [0.25, 0.3) is 5.91 Å². The minimum absolute atomic E-state index is 0.0330. The highest BCUT2D eigenvalue weighted by molar-refractivity contribution is 7.12. The number of methoxy groups -OCH3 is 1. The van der Waals surface area contributed by atoms with Crippen LogP contribution in [0.2, 0.25) is 0 Å². The molecule has 22 heavy (non-hydrogen) atoms. The van der Waals surface area contributed by atoms with Crippen LogP contribution in [-0.2, 0) is 6.42 Å². The topological polar surface area (TPSA) is 46.8 Å². The molecule has 0 radical (unpaired) electrons. The Morgan fingerprint density at radius 2 is 2.23 bits per heavy atom. The zero-order valence-corrected chi connectivity index (χ0v) is 13.6. The number of thiophene rings is 1. The minimum atomic E-state index is -0.0330. The van der Waals surface area contributed by atoms with Crippen molar-refractivity contribution in [1.82, 2.24) is 9.38 Å². The van der Waals surface area contributed by atoms with Gasteiger partial charge >= 0.3 is 0 Å². The van der Waals surface area contributed by atoms with E-state index < -0.39 is 0 Å². The smallest absolute Gasteiger partial charge is 0.269 e. The van der Waals surface area contributed by atoms with Crippen molar-refractivity contribution >= 4 is 28.7 Å². The number of aryl methyl sites for hydroxylation is 1. The van der Waals surface area contributed by atoms with Crippen LogP contribution in [0.4, 0.5) is 5.82 Å². The summed E-state index contributed by atoms with van der Waals surface area (Å²) in [6, 6.07) is 7.47. The molecule has 0 aliphatic carbocycles. The number of pyridine rings is 1. The van der Waals surface area contributed by atoms with Gasteiger partial charge in [-0.15, -0.1) is 11.3 Å². The van der Waals surface area contributed by atoms with Crippen molar-refractivity contribution < 1.29 is 9.53 Å². The van der Waals surface area contributed by atoms with Gasteiger partial charge in [0.15, 0.2) is 11.4 Å². The van der Waals surface area contributed by atoms with Gasteiger partial charge in [0.2, 0.25) is 0 Å². The van der Waals surface area contributed by atoms with E-state index in [0.717, 1.165) is 23.6 Å². The lowest BCUT2D eigenvalue weighted by atomic mass is 10.3. The third kappa shape index (κ3) is 2.25. The molecule has 3 aromatic heterocycles. The molecule has 6 heteroatoms. The van der Waals surface area contributed by atoms with Crippen molar-refractivity contribution in [2.75, 3.05) is 19.1 Å². The maximum Gasteiger partial charge on any atom is 0.269 e. The quantitative estimate of drug-likeness (QED) is 0.742. The van der Waals surface area contributed by atoms with Crippen LogP contribution in [0.1, 0.15) is 22.3 Å². The monoisotopic (exact) mass is 315 g/mol. The van der Waals surface area contributed by atoms with Crippen LogP contribution in [0.3, 0.4) is 0 Å². The summed E-state index contributed by atoms with van der Waals surface area (Å²) in [6.45, 7) is 2.03. The highest BCUT2D eigenvalue weighted by Gasteiger charge is 2.22. The van der Waals surface area contributed by atoms with E-state index in [4.69, 9.17) is 4.74 Å². The van der Waals surface area contributed by atoms with Gasteiger partial charge in [0.05, 0.1) is 17.7 Å². The first kappa shape index (κ1) is 14.6. The number of aromatic nitrogens is 2. The summed E-state index contributed by atoms with van der Waals surface area (Å²) < 4.78 is 7.27. The molecular formula is C16H17N3O2S. The van der Waals surface area contributed by atoms with Gasteiger partial charge in [-0.05, 0) is 30.0 Å². The molecule has 0 saturated carbocycles. The van der Waals surface area contributed by atoms with Crippen LogP contribution in [0, 0.1) is 0 Å². The minimum Gasteiger partial charge on any atom is -0.493 e. The lowest BCUT2D eigenvalue weighted by Crippen LogP contribution is -2.27. The van der Waals surface area contributed by atoms with E-state index in [1.54, 1.807) is 19.1 Å². The fourth-order valence-electron chi connectivity index (χ4n) is 2.49. The summed E-state index contributed by atoms with van der Waals surface area (Å²) in [7, 11) is 3.40. The summed E-state index contributed by atoms with van der Waals surface area (Å²) in [5, 5.41) is 1.90. The molecular weight excluding hydrogens is 298 g/mol. The van der Waals surface area contributed by atoms with Crippen molar-refractivity contribution in [2.45, 2.75) is 13.3 Å². The predicted octanol–water partition coefficient (Wildman–Crippen LogP) is 3.24. The molecule has 0 bridgehead atoms. The number of carbonyl (C=O) groups excluding carboxylic acids is 1. The lowest BCUT2D eigenvalue weighted by Gasteiger charge is -2.17. The van der Waals surface area contributed by atoms with Crippen molar-refractivity contribution in [3.05, 3.63) is 46.4 Å². The number of amides is 1. The molecule has 1 amide bonds. The molecule has 3 heterocycles. The van der Waals surface area contributed by atoms with E-state index in [1.165, 1.54) is 11.3 Å². The van der Waals surface area contributed by atoms with Gasteiger partial charge in [0.1, 0.15) is 5.82 Å². The molecule has 0 fully saturated rings. The molecule has 3 rings (SSSR count). The van der Waals surface area contributed by atoms with Crippen molar-refractivity contribution in [2.24, 2.45) is 0 Å². The van der Waals surface area contributed by atoms with Crippen LogP contribution < -0.4 is 9.64 Å². The van der Waals surface area contributed by atoms with E-state index in [0.29, 0.717) is 10.6 Å². The van der Waals surface area contributed by atoms with Gasteiger partial charge < -0.3 is 4.74 Å². The van der Waals surface area contributed by atoms with Gasteiger partial charge in [-0.3, -0.25) is 14.1 Å². The van der Waals surface area contributed by atoms with Gasteiger partial charge in [0, 0.05) is 13.2 Å². The molecule has 0 saturated heterocycles. The predicted molar refractivity (Wildman–Crippen MR) is 88.2 cm³/mol. The zero-order valence-electron chi connectivity index (χ0n) is 12.7. The maximum absolute atomic E-state index is 12.6. The number of carbonyl (C=O) groups is 1. The second kappa shape index (κ2) is 5.81. The summed E-state index contributed by atoms with van der Waals surface area (Å²) in [4.78, 5) is 19.6. The van der Waals surface area contributed by atoms with E-state index in [9.17, 15) is 4.79 Å². The number of imidazole rings is 1. The molecule has 0 spiro atoms. The van der Waals surface area contributed by atoms with E-state index in [2.05, 4.69) is 4.98 Å². The zero-order chi connectivity index (χ0) is 15.7. The number of anilines is 1. The highest BCUT2D eigenvalue weighted by Crippen LogP contribution is 2.29.